The lowest BCUT2D eigenvalue weighted by Crippen LogP contribution is -2.21. The highest BCUT2D eigenvalue weighted by Crippen LogP contribution is 2.16. The van der Waals surface area contributed by atoms with Crippen LogP contribution in [0.4, 0.5) is 11.6 Å². The van der Waals surface area contributed by atoms with Crippen LogP contribution in [0.15, 0.2) is 41.6 Å². The van der Waals surface area contributed by atoms with Crippen LogP contribution in [0.5, 0.6) is 0 Å². The van der Waals surface area contributed by atoms with Gasteiger partial charge in [-0.2, -0.15) is 0 Å². The lowest BCUT2D eigenvalue weighted by Gasteiger charge is -2.13. The maximum Gasteiger partial charge on any atom is 0.264 e. The maximum atomic E-state index is 12.3. The number of nitrogen functional groups attached to an aromatic ring is 1. The molecule has 0 aliphatic rings. The molecule has 2 rings (SSSR count). The van der Waals surface area contributed by atoms with E-state index in [4.69, 9.17) is 5.73 Å². The van der Waals surface area contributed by atoms with Gasteiger partial charge in [0.2, 0.25) is 5.95 Å². The van der Waals surface area contributed by atoms with E-state index in [1.54, 1.807) is 29.1 Å². The Hall–Kier alpha value is -2.06. The molecule has 1 aromatic heterocycles. The van der Waals surface area contributed by atoms with Crippen molar-refractivity contribution in [1.29, 1.82) is 0 Å². The smallest absolute Gasteiger partial charge is 0.264 e. The molecule has 0 fully saturated rings. The van der Waals surface area contributed by atoms with Crippen molar-refractivity contribution in [3.05, 3.63) is 36.7 Å². The standard InChI is InChI=1S/C13H19N5O2S/c1-17(2)9-10-18-8-7-15-13(18)16-21(19,20)12-5-3-11(14)4-6-12/h3-8H,9-10,14H2,1-2H3,(H,15,16). The zero-order valence-corrected chi connectivity index (χ0v) is 12.8. The zero-order valence-electron chi connectivity index (χ0n) is 12.0. The summed E-state index contributed by atoms with van der Waals surface area (Å²) in [5, 5.41) is 0. The fraction of sp³-hybridized carbons (Fsp3) is 0.308. The topological polar surface area (TPSA) is 93.2 Å². The summed E-state index contributed by atoms with van der Waals surface area (Å²) in [6, 6.07) is 6.02. The van der Waals surface area contributed by atoms with E-state index in [0.29, 0.717) is 18.2 Å². The molecule has 8 heteroatoms. The third-order valence-corrected chi connectivity index (χ3v) is 4.26. The van der Waals surface area contributed by atoms with Gasteiger partial charge in [-0.3, -0.25) is 0 Å². The number of sulfonamides is 1. The summed E-state index contributed by atoms with van der Waals surface area (Å²) in [6.45, 7) is 1.43. The van der Waals surface area contributed by atoms with Gasteiger partial charge in [-0.1, -0.05) is 0 Å². The van der Waals surface area contributed by atoms with Crippen LogP contribution in [-0.4, -0.2) is 43.5 Å². The van der Waals surface area contributed by atoms with E-state index >= 15 is 0 Å². The van der Waals surface area contributed by atoms with E-state index in [0.717, 1.165) is 6.54 Å². The van der Waals surface area contributed by atoms with Gasteiger partial charge < -0.3 is 15.2 Å². The second-order valence-electron chi connectivity index (χ2n) is 4.92. The Kier molecular flexibility index (Phi) is 4.49. The van der Waals surface area contributed by atoms with Gasteiger partial charge in [0.25, 0.3) is 10.0 Å². The van der Waals surface area contributed by atoms with E-state index < -0.39 is 10.0 Å². The third-order valence-electron chi connectivity index (χ3n) is 2.92. The predicted octanol–water partition coefficient (Wildman–Crippen LogP) is 0.828. The molecule has 0 aliphatic heterocycles. The Morgan fingerprint density at radius 2 is 1.95 bits per heavy atom. The lowest BCUT2D eigenvalue weighted by atomic mass is 10.3. The number of rotatable bonds is 6. The molecule has 2 aromatic rings. The van der Waals surface area contributed by atoms with Gasteiger partial charge in [0, 0.05) is 31.2 Å². The summed E-state index contributed by atoms with van der Waals surface area (Å²) in [4.78, 5) is 6.22. The number of imidazole rings is 1. The average molecular weight is 309 g/mol. The molecule has 0 aliphatic carbocycles. The van der Waals surface area contributed by atoms with Crippen molar-refractivity contribution in [3.8, 4) is 0 Å². The van der Waals surface area contributed by atoms with Crippen LogP contribution in [0.1, 0.15) is 0 Å². The van der Waals surface area contributed by atoms with Gasteiger partial charge in [-0.25, -0.2) is 18.1 Å². The van der Waals surface area contributed by atoms with Crippen LogP contribution in [0.3, 0.4) is 0 Å². The highest BCUT2D eigenvalue weighted by atomic mass is 32.2. The minimum Gasteiger partial charge on any atom is -0.399 e. The molecule has 0 amide bonds. The average Bonchev–Trinajstić information content (AvgIpc) is 2.83. The van der Waals surface area contributed by atoms with Crippen molar-refractivity contribution in [1.82, 2.24) is 14.5 Å². The second kappa shape index (κ2) is 6.15. The number of nitrogens with zero attached hydrogens (tertiary/aromatic N) is 3. The summed E-state index contributed by atoms with van der Waals surface area (Å²) in [7, 11) is 0.243. The predicted molar refractivity (Wildman–Crippen MR) is 82.4 cm³/mol. The second-order valence-corrected chi connectivity index (χ2v) is 6.60. The number of hydrogen-bond acceptors (Lipinski definition) is 5. The van der Waals surface area contributed by atoms with Crippen LogP contribution in [0, 0.1) is 0 Å². The van der Waals surface area contributed by atoms with Crippen molar-refractivity contribution < 1.29 is 8.42 Å². The minimum absolute atomic E-state index is 0.152. The van der Waals surface area contributed by atoms with Crippen molar-refractivity contribution in [3.63, 3.8) is 0 Å². The highest BCUT2D eigenvalue weighted by Gasteiger charge is 2.16. The van der Waals surface area contributed by atoms with Crippen LogP contribution >= 0.6 is 0 Å². The number of nitrogens with two attached hydrogens (primary N) is 1. The summed E-state index contributed by atoms with van der Waals surface area (Å²) in [5.74, 6) is 0.300. The summed E-state index contributed by atoms with van der Waals surface area (Å²) in [6.07, 6.45) is 3.31. The normalized spacial score (nSPS) is 11.8. The molecule has 1 heterocycles. The molecular weight excluding hydrogens is 290 g/mol. The van der Waals surface area contributed by atoms with Crippen molar-refractivity contribution in [2.45, 2.75) is 11.4 Å². The van der Waals surface area contributed by atoms with Crippen LogP contribution in [0.2, 0.25) is 0 Å². The minimum atomic E-state index is -3.66. The highest BCUT2D eigenvalue weighted by molar-refractivity contribution is 7.92. The van der Waals surface area contributed by atoms with Gasteiger partial charge in [0.1, 0.15) is 0 Å². The lowest BCUT2D eigenvalue weighted by molar-refractivity contribution is 0.385. The fourth-order valence-electron chi connectivity index (χ4n) is 1.73. The number of anilines is 2. The Morgan fingerprint density at radius 3 is 2.57 bits per heavy atom. The first-order valence-electron chi connectivity index (χ1n) is 6.43. The summed E-state index contributed by atoms with van der Waals surface area (Å²) >= 11 is 0. The third kappa shape index (κ3) is 3.96. The Balaban J connectivity index is 2.17. The number of benzene rings is 1. The summed E-state index contributed by atoms with van der Waals surface area (Å²) in [5.41, 5.74) is 6.08. The van der Waals surface area contributed by atoms with Crippen molar-refractivity contribution in [2.75, 3.05) is 31.1 Å². The van der Waals surface area contributed by atoms with Crippen LogP contribution in [0.25, 0.3) is 0 Å². The molecule has 0 saturated carbocycles. The molecule has 1 aromatic carbocycles. The Morgan fingerprint density at radius 1 is 1.29 bits per heavy atom. The fourth-order valence-corrected chi connectivity index (χ4v) is 2.75. The molecule has 3 N–H and O–H groups in total. The largest absolute Gasteiger partial charge is 0.399 e. The van der Waals surface area contributed by atoms with Crippen molar-refractivity contribution >= 4 is 21.7 Å². The van der Waals surface area contributed by atoms with Gasteiger partial charge in [0.05, 0.1) is 4.90 Å². The molecule has 0 saturated heterocycles. The Labute approximate surface area is 124 Å². The van der Waals surface area contributed by atoms with Crippen LogP contribution < -0.4 is 10.5 Å². The molecule has 114 valence electrons. The number of hydrogen-bond donors (Lipinski definition) is 2. The maximum absolute atomic E-state index is 12.3. The molecular formula is C13H19N5O2S. The summed E-state index contributed by atoms with van der Waals surface area (Å²) < 4.78 is 28.8. The van der Waals surface area contributed by atoms with Gasteiger partial charge >= 0.3 is 0 Å². The van der Waals surface area contributed by atoms with Gasteiger partial charge in [-0.05, 0) is 38.4 Å². The monoisotopic (exact) mass is 309 g/mol. The SMILES string of the molecule is CN(C)CCn1ccnc1NS(=O)(=O)c1ccc(N)cc1. The number of nitrogens with one attached hydrogen (secondary N) is 1. The molecule has 0 atom stereocenters. The first kappa shape index (κ1) is 15.3. The molecule has 0 unspecified atom stereocenters. The quantitative estimate of drug-likeness (QED) is 0.771. The van der Waals surface area contributed by atoms with Crippen molar-refractivity contribution in [2.24, 2.45) is 0 Å². The number of aromatic nitrogens is 2. The van der Waals surface area contributed by atoms with E-state index in [1.807, 2.05) is 19.0 Å². The zero-order chi connectivity index (χ0) is 15.5. The Bertz CT molecular complexity index is 692. The first-order valence-corrected chi connectivity index (χ1v) is 7.91. The number of likely N-dealkylation sites (N-methyl/N-ethyl adjacent to an activating group) is 1. The first-order chi connectivity index (χ1) is 9.88. The van der Waals surface area contributed by atoms with E-state index in [-0.39, 0.29) is 4.90 Å². The van der Waals surface area contributed by atoms with E-state index in [9.17, 15) is 8.42 Å². The van der Waals surface area contributed by atoms with E-state index in [2.05, 4.69) is 9.71 Å². The van der Waals surface area contributed by atoms with Gasteiger partial charge in [-0.15, -0.1) is 0 Å². The molecule has 0 spiro atoms. The molecule has 7 nitrogen and oxygen atoms in total. The van der Waals surface area contributed by atoms with Crippen LogP contribution in [-0.2, 0) is 16.6 Å². The molecule has 0 bridgehead atoms. The molecule has 0 radical (unpaired) electrons. The van der Waals surface area contributed by atoms with Gasteiger partial charge in [0.15, 0.2) is 0 Å². The van der Waals surface area contributed by atoms with E-state index in [1.165, 1.54) is 12.1 Å². The molecule has 21 heavy (non-hydrogen) atoms.